The maximum absolute atomic E-state index is 13.5. The normalized spacial score (nSPS) is 14.7. The van der Waals surface area contributed by atoms with Crippen molar-refractivity contribution in [1.29, 1.82) is 0 Å². The van der Waals surface area contributed by atoms with Gasteiger partial charge < -0.3 is 4.74 Å². The highest BCUT2D eigenvalue weighted by molar-refractivity contribution is 6.04. The van der Waals surface area contributed by atoms with Crippen molar-refractivity contribution in [3.05, 3.63) is 53.2 Å². The van der Waals surface area contributed by atoms with Crippen LogP contribution in [0.25, 0.3) is 11.3 Å². The number of amides is 1. The second-order valence-electron chi connectivity index (χ2n) is 5.23. The van der Waals surface area contributed by atoms with E-state index in [1.165, 1.54) is 18.3 Å². The molecule has 124 valence electrons. The highest BCUT2D eigenvalue weighted by atomic mass is 19.4. The van der Waals surface area contributed by atoms with E-state index in [1.54, 1.807) is 19.1 Å². The summed E-state index contributed by atoms with van der Waals surface area (Å²) in [4.78, 5) is 15.0. The second-order valence-corrected chi connectivity index (χ2v) is 5.23. The van der Waals surface area contributed by atoms with Crippen molar-refractivity contribution in [3.8, 4) is 11.3 Å². The van der Waals surface area contributed by atoms with E-state index in [4.69, 9.17) is 4.74 Å². The van der Waals surface area contributed by atoms with Gasteiger partial charge in [-0.15, -0.1) is 0 Å². The number of cyclic esters (lactones) is 1. The first-order chi connectivity index (χ1) is 11.3. The third-order valence-corrected chi connectivity index (χ3v) is 3.47. The van der Waals surface area contributed by atoms with Crippen LogP contribution in [0.4, 0.5) is 18.0 Å². The Morgan fingerprint density at radius 2 is 2.00 bits per heavy atom. The average molecular weight is 335 g/mol. The minimum absolute atomic E-state index is 0.0207. The van der Waals surface area contributed by atoms with Gasteiger partial charge in [0.25, 0.3) is 0 Å². The van der Waals surface area contributed by atoms with Crippen LogP contribution in [0.2, 0.25) is 0 Å². The molecule has 0 saturated carbocycles. The topological polar surface area (TPSA) is 63.6 Å². The minimum Gasteiger partial charge on any atom is -0.442 e. The predicted molar refractivity (Wildman–Crippen MR) is 80.4 cm³/mol. The molecule has 1 aromatic carbocycles. The van der Waals surface area contributed by atoms with Gasteiger partial charge in [-0.25, -0.2) is 10.2 Å². The van der Waals surface area contributed by atoms with Crippen molar-refractivity contribution in [1.82, 2.24) is 10.4 Å². The molecular weight excluding hydrogens is 323 g/mol. The Kier molecular flexibility index (Phi) is 3.96. The quantitative estimate of drug-likeness (QED) is 0.913. The summed E-state index contributed by atoms with van der Waals surface area (Å²) in [6, 6.07) is 7.06. The molecule has 24 heavy (non-hydrogen) atoms. The molecule has 1 amide bonds. The largest absolute Gasteiger partial charge is 0.442 e. The summed E-state index contributed by atoms with van der Waals surface area (Å²) < 4.78 is 45.1. The molecule has 0 radical (unpaired) electrons. The molecule has 8 heteroatoms. The maximum atomic E-state index is 13.5. The molecule has 1 N–H and O–H groups in total. The molecule has 1 aliphatic heterocycles. The lowest BCUT2D eigenvalue weighted by atomic mass is 9.98. The fourth-order valence-corrected chi connectivity index (χ4v) is 2.27. The molecule has 0 bridgehead atoms. The van der Waals surface area contributed by atoms with Gasteiger partial charge in [-0.1, -0.05) is 18.2 Å². The Bertz CT molecular complexity index is 814. The van der Waals surface area contributed by atoms with E-state index in [0.29, 0.717) is 0 Å². The minimum atomic E-state index is -4.56. The van der Waals surface area contributed by atoms with Crippen LogP contribution in [0.3, 0.4) is 0 Å². The fraction of sp³-hybridized carbons (Fsp3) is 0.188. The molecule has 1 aliphatic rings. The number of aryl methyl sites for hydroxylation is 1. The lowest BCUT2D eigenvalue weighted by Gasteiger charge is -2.17. The molecular formula is C16H12F3N3O2. The van der Waals surface area contributed by atoms with Crippen LogP contribution in [0.15, 0.2) is 41.6 Å². The van der Waals surface area contributed by atoms with E-state index in [1.807, 2.05) is 0 Å². The molecule has 2 heterocycles. The summed E-state index contributed by atoms with van der Waals surface area (Å²) in [6.45, 7) is 1.62. The summed E-state index contributed by atoms with van der Waals surface area (Å²) >= 11 is 0. The summed E-state index contributed by atoms with van der Waals surface area (Å²) in [6.07, 6.45) is -3.79. The standard InChI is InChI=1S/C16H12F3N3O2/c1-9-2-5-13(20-7-9)11-4-3-10(6-12(11)16(17,18)19)14-8-24-15(23)22-21-14/h2-7H,8H2,1H3,(H,22,23). The molecule has 0 saturated heterocycles. The monoisotopic (exact) mass is 335 g/mol. The van der Waals surface area contributed by atoms with Gasteiger partial charge in [-0.3, -0.25) is 4.98 Å². The van der Waals surface area contributed by atoms with E-state index in [-0.39, 0.29) is 29.1 Å². The molecule has 0 fully saturated rings. The number of nitrogens with zero attached hydrogens (tertiary/aromatic N) is 2. The zero-order valence-electron chi connectivity index (χ0n) is 12.5. The van der Waals surface area contributed by atoms with E-state index >= 15 is 0 Å². The van der Waals surface area contributed by atoms with Crippen molar-refractivity contribution in [2.75, 3.05) is 6.61 Å². The zero-order valence-corrected chi connectivity index (χ0v) is 12.5. The Morgan fingerprint density at radius 1 is 1.21 bits per heavy atom. The van der Waals surface area contributed by atoms with Gasteiger partial charge in [0.15, 0.2) is 0 Å². The number of benzene rings is 1. The van der Waals surface area contributed by atoms with Gasteiger partial charge in [-0.05, 0) is 24.6 Å². The van der Waals surface area contributed by atoms with Crippen molar-refractivity contribution in [3.63, 3.8) is 0 Å². The average Bonchev–Trinajstić information content (AvgIpc) is 2.55. The first kappa shape index (κ1) is 16.0. The molecule has 0 atom stereocenters. The zero-order chi connectivity index (χ0) is 17.3. The van der Waals surface area contributed by atoms with Gasteiger partial charge >= 0.3 is 12.3 Å². The summed E-state index contributed by atoms with van der Waals surface area (Å²) in [5.74, 6) is 0. The molecule has 1 aromatic heterocycles. The third-order valence-electron chi connectivity index (χ3n) is 3.47. The smallest absolute Gasteiger partial charge is 0.428 e. The Labute approximate surface area is 135 Å². The van der Waals surface area contributed by atoms with Crippen LogP contribution in [0.1, 0.15) is 16.7 Å². The number of carbonyl (C=O) groups excluding carboxylic acids is 1. The predicted octanol–water partition coefficient (Wildman–Crippen LogP) is 3.52. The number of rotatable bonds is 2. The number of hydrogen-bond acceptors (Lipinski definition) is 4. The fourth-order valence-electron chi connectivity index (χ4n) is 2.27. The van der Waals surface area contributed by atoms with E-state index < -0.39 is 17.8 Å². The van der Waals surface area contributed by atoms with Crippen LogP contribution in [-0.2, 0) is 10.9 Å². The third kappa shape index (κ3) is 3.22. The lowest BCUT2D eigenvalue weighted by Crippen LogP contribution is -2.30. The van der Waals surface area contributed by atoms with E-state index in [9.17, 15) is 18.0 Å². The molecule has 5 nitrogen and oxygen atoms in total. The lowest BCUT2D eigenvalue weighted by molar-refractivity contribution is -0.137. The molecule has 0 aliphatic carbocycles. The van der Waals surface area contributed by atoms with Gasteiger partial charge in [-0.2, -0.15) is 18.3 Å². The van der Waals surface area contributed by atoms with Crippen LogP contribution in [-0.4, -0.2) is 23.4 Å². The van der Waals surface area contributed by atoms with Gasteiger partial charge in [0.2, 0.25) is 0 Å². The van der Waals surface area contributed by atoms with Crippen LogP contribution in [0, 0.1) is 6.92 Å². The molecule has 0 unspecified atom stereocenters. The van der Waals surface area contributed by atoms with Crippen molar-refractivity contribution in [2.24, 2.45) is 5.10 Å². The maximum Gasteiger partial charge on any atom is 0.428 e. The summed E-state index contributed by atoms with van der Waals surface area (Å²) in [7, 11) is 0. The first-order valence-electron chi connectivity index (χ1n) is 6.98. The van der Waals surface area contributed by atoms with Crippen molar-refractivity contribution < 1.29 is 22.7 Å². The number of pyridine rings is 1. The number of alkyl halides is 3. The van der Waals surface area contributed by atoms with Gasteiger partial charge in [0, 0.05) is 17.3 Å². The molecule has 2 aromatic rings. The van der Waals surface area contributed by atoms with E-state index in [0.717, 1.165) is 11.6 Å². The number of ether oxygens (including phenoxy) is 1. The van der Waals surface area contributed by atoms with Crippen LogP contribution >= 0.6 is 0 Å². The van der Waals surface area contributed by atoms with Crippen molar-refractivity contribution in [2.45, 2.75) is 13.1 Å². The molecule has 3 rings (SSSR count). The Morgan fingerprint density at radius 3 is 2.58 bits per heavy atom. The number of hydrazone groups is 1. The number of halogens is 3. The Balaban J connectivity index is 2.08. The highest BCUT2D eigenvalue weighted by Gasteiger charge is 2.34. The summed E-state index contributed by atoms with van der Waals surface area (Å²) in [5, 5.41) is 3.73. The second kappa shape index (κ2) is 5.95. The SMILES string of the molecule is Cc1ccc(-c2ccc(C3=NNC(=O)OC3)cc2C(F)(F)F)nc1. The Hall–Kier alpha value is -2.90. The van der Waals surface area contributed by atoms with E-state index in [2.05, 4.69) is 15.5 Å². The highest BCUT2D eigenvalue weighted by Crippen LogP contribution is 2.37. The number of hydrogen-bond donors (Lipinski definition) is 1. The first-order valence-corrected chi connectivity index (χ1v) is 6.98. The van der Waals surface area contributed by atoms with Crippen molar-refractivity contribution >= 4 is 11.8 Å². The number of nitrogens with one attached hydrogen (secondary N) is 1. The van der Waals surface area contributed by atoms with Gasteiger partial charge in [0.05, 0.1) is 11.3 Å². The van der Waals surface area contributed by atoms with Crippen LogP contribution < -0.4 is 5.43 Å². The van der Waals surface area contributed by atoms with Crippen LogP contribution in [0.5, 0.6) is 0 Å². The molecule has 0 spiro atoms. The number of aromatic nitrogens is 1. The van der Waals surface area contributed by atoms with Gasteiger partial charge in [0.1, 0.15) is 12.3 Å². The summed E-state index contributed by atoms with van der Waals surface area (Å²) in [5.41, 5.74) is 2.75. The number of carbonyl (C=O) groups is 1.